The molecule has 0 aliphatic heterocycles. The van der Waals surface area contributed by atoms with Crippen molar-refractivity contribution in [2.75, 3.05) is 33.0 Å². The van der Waals surface area contributed by atoms with Crippen molar-refractivity contribution in [3.63, 3.8) is 0 Å². The van der Waals surface area contributed by atoms with Crippen molar-refractivity contribution in [1.29, 1.82) is 0 Å². The van der Waals surface area contributed by atoms with Crippen molar-refractivity contribution < 1.29 is 13.9 Å². The molecule has 0 atom stereocenters. The van der Waals surface area contributed by atoms with E-state index in [2.05, 4.69) is 15.0 Å². The summed E-state index contributed by atoms with van der Waals surface area (Å²) in [7, 11) is 3.25. The zero-order valence-corrected chi connectivity index (χ0v) is 17.9. The van der Waals surface area contributed by atoms with Gasteiger partial charge >= 0.3 is 0 Å². The number of nitrogens with two attached hydrogens (primary N) is 1. The van der Waals surface area contributed by atoms with Gasteiger partial charge in [0.1, 0.15) is 18.0 Å². The van der Waals surface area contributed by atoms with Gasteiger partial charge in [0.05, 0.1) is 17.0 Å². The van der Waals surface area contributed by atoms with Gasteiger partial charge in [0, 0.05) is 50.2 Å². The number of anilines is 1. The molecule has 0 aliphatic rings. The lowest BCUT2D eigenvalue weighted by molar-refractivity contribution is 0.0775. The molecule has 0 fully saturated rings. The summed E-state index contributed by atoms with van der Waals surface area (Å²) in [6, 6.07) is 8.08. The molecular weight excluding hydrogens is 397 g/mol. The number of nitrogens with zero attached hydrogens (tertiary/aromatic N) is 4. The number of methoxy groups -OCH3 is 1. The Kier molecular flexibility index (Phi) is 7.25. The Hall–Kier alpha value is -3.39. The SMILES string of the molecule is CCc1ncnc(-c2ccc(C(=O)N(C)CCCOC)c(F)c2)c1-c1ccc(N)nc1. The Balaban J connectivity index is 1.98. The summed E-state index contributed by atoms with van der Waals surface area (Å²) >= 11 is 0. The summed E-state index contributed by atoms with van der Waals surface area (Å²) in [5, 5.41) is 0. The lowest BCUT2D eigenvalue weighted by Gasteiger charge is -2.18. The van der Waals surface area contributed by atoms with E-state index in [-0.39, 0.29) is 11.5 Å². The molecule has 2 heterocycles. The highest BCUT2D eigenvalue weighted by atomic mass is 19.1. The molecule has 0 saturated heterocycles. The number of pyridine rings is 1. The number of benzene rings is 1. The van der Waals surface area contributed by atoms with Crippen molar-refractivity contribution >= 4 is 11.7 Å². The standard InChI is InChI=1S/C23H26FN5O2/c1-4-19-21(16-7-9-20(25)26-13-16)22(28-14-27-19)15-6-8-17(18(24)12-15)23(30)29(2)10-5-11-31-3/h6-9,12-14H,4-5,10-11H2,1-3H3,(H2,25,26). The number of amides is 1. The van der Waals surface area contributed by atoms with Gasteiger partial charge in [0.25, 0.3) is 5.91 Å². The van der Waals surface area contributed by atoms with E-state index in [0.29, 0.717) is 43.1 Å². The molecule has 162 valence electrons. The molecule has 0 radical (unpaired) electrons. The summed E-state index contributed by atoms with van der Waals surface area (Å²) in [5.74, 6) is -0.567. The smallest absolute Gasteiger partial charge is 0.256 e. The molecule has 31 heavy (non-hydrogen) atoms. The number of aromatic nitrogens is 3. The maximum atomic E-state index is 15.0. The first kappa shape index (κ1) is 22.3. The van der Waals surface area contributed by atoms with Gasteiger partial charge in [-0.15, -0.1) is 0 Å². The summed E-state index contributed by atoms with van der Waals surface area (Å²) < 4.78 is 20.0. The lowest BCUT2D eigenvalue weighted by Crippen LogP contribution is -2.29. The molecule has 8 heteroatoms. The number of nitrogen functional groups attached to an aromatic ring is 1. The predicted molar refractivity (Wildman–Crippen MR) is 118 cm³/mol. The number of carbonyl (C=O) groups is 1. The van der Waals surface area contributed by atoms with Crippen LogP contribution >= 0.6 is 0 Å². The Bertz CT molecular complexity index is 1060. The third-order valence-electron chi connectivity index (χ3n) is 5.00. The van der Waals surface area contributed by atoms with Crippen LogP contribution in [0.4, 0.5) is 10.2 Å². The minimum absolute atomic E-state index is 0.0177. The maximum Gasteiger partial charge on any atom is 0.256 e. The molecule has 0 bridgehead atoms. The first-order valence-electron chi connectivity index (χ1n) is 10.1. The predicted octanol–water partition coefficient (Wildman–Crippen LogP) is 3.60. The Morgan fingerprint density at radius 1 is 1.16 bits per heavy atom. The number of carbonyl (C=O) groups excluding carboxylic acids is 1. The molecule has 1 aromatic carbocycles. The Labute approximate surface area is 181 Å². The van der Waals surface area contributed by atoms with Gasteiger partial charge in [-0.2, -0.15) is 0 Å². The number of halogens is 1. The van der Waals surface area contributed by atoms with Gasteiger partial charge in [0.15, 0.2) is 0 Å². The highest BCUT2D eigenvalue weighted by Gasteiger charge is 2.19. The molecule has 3 rings (SSSR count). The van der Waals surface area contributed by atoms with Crippen LogP contribution in [0.15, 0.2) is 42.9 Å². The molecule has 0 saturated carbocycles. The first-order chi connectivity index (χ1) is 15.0. The van der Waals surface area contributed by atoms with Crippen molar-refractivity contribution in [3.05, 3.63) is 59.9 Å². The number of aryl methyl sites for hydroxylation is 1. The summed E-state index contributed by atoms with van der Waals surface area (Å²) in [6.07, 6.45) is 4.46. The molecule has 0 aliphatic carbocycles. The van der Waals surface area contributed by atoms with E-state index in [1.54, 1.807) is 32.5 Å². The van der Waals surface area contributed by atoms with Crippen LogP contribution in [0.2, 0.25) is 0 Å². The maximum absolute atomic E-state index is 15.0. The van der Waals surface area contributed by atoms with Gasteiger partial charge in [-0.25, -0.2) is 19.3 Å². The Morgan fingerprint density at radius 2 is 1.94 bits per heavy atom. The fourth-order valence-corrected chi connectivity index (χ4v) is 3.35. The van der Waals surface area contributed by atoms with Crippen molar-refractivity contribution in [1.82, 2.24) is 19.9 Å². The molecule has 1 amide bonds. The normalized spacial score (nSPS) is 10.8. The topological polar surface area (TPSA) is 94.2 Å². The lowest BCUT2D eigenvalue weighted by atomic mass is 9.97. The molecule has 7 nitrogen and oxygen atoms in total. The van der Waals surface area contributed by atoms with Gasteiger partial charge in [0.2, 0.25) is 0 Å². The summed E-state index contributed by atoms with van der Waals surface area (Å²) in [6.45, 7) is 3.01. The van der Waals surface area contributed by atoms with E-state index in [1.807, 2.05) is 13.0 Å². The van der Waals surface area contributed by atoms with Crippen molar-refractivity contribution in [3.8, 4) is 22.4 Å². The molecule has 0 spiro atoms. The zero-order valence-electron chi connectivity index (χ0n) is 17.9. The van der Waals surface area contributed by atoms with E-state index < -0.39 is 5.82 Å². The molecule has 0 unspecified atom stereocenters. The average Bonchev–Trinajstić information content (AvgIpc) is 2.78. The monoisotopic (exact) mass is 423 g/mol. The number of hydrogen-bond acceptors (Lipinski definition) is 6. The second-order valence-electron chi connectivity index (χ2n) is 7.14. The van der Waals surface area contributed by atoms with E-state index in [1.165, 1.54) is 23.4 Å². The van der Waals surface area contributed by atoms with E-state index >= 15 is 0 Å². The largest absolute Gasteiger partial charge is 0.385 e. The highest BCUT2D eigenvalue weighted by Crippen LogP contribution is 2.33. The van der Waals surface area contributed by atoms with Crippen molar-refractivity contribution in [2.45, 2.75) is 19.8 Å². The number of hydrogen-bond donors (Lipinski definition) is 1. The minimum atomic E-state index is -0.598. The van der Waals surface area contributed by atoms with Crippen LogP contribution in [0.1, 0.15) is 29.4 Å². The zero-order chi connectivity index (χ0) is 22.4. The van der Waals surface area contributed by atoms with Crippen LogP contribution in [0.3, 0.4) is 0 Å². The van der Waals surface area contributed by atoms with E-state index in [9.17, 15) is 9.18 Å². The first-order valence-corrected chi connectivity index (χ1v) is 10.1. The highest BCUT2D eigenvalue weighted by molar-refractivity contribution is 5.95. The number of ether oxygens (including phenoxy) is 1. The van der Waals surface area contributed by atoms with Crippen LogP contribution in [-0.2, 0) is 11.2 Å². The van der Waals surface area contributed by atoms with Crippen LogP contribution in [0, 0.1) is 5.82 Å². The van der Waals surface area contributed by atoms with E-state index in [4.69, 9.17) is 10.5 Å². The van der Waals surface area contributed by atoms with Crippen LogP contribution in [0.5, 0.6) is 0 Å². The summed E-state index contributed by atoms with van der Waals surface area (Å²) in [4.78, 5) is 27.1. The third kappa shape index (κ3) is 5.03. The fraction of sp³-hybridized carbons (Fsp3) is 0.304. The molecule has 2 N–H and O–H groups in total. The second-order valence-corrected chi connectivity index (χ2v) is 7.14. The van der Waals surface area contributed by atoms with Gasteiger partial charge < -0.3 is 15.4 Å². The second kappa shape index (κ2) is 10.1. The molecular formula is C23H26FN5O2. The van der Waals surface area contributed by atoms with Crippen LogP contribution in [-0.4, -0.2) is 53.1 Å². The van der Waals surface area contributed by atoms with Crippen molar-refractivity contribution in [2.24, 2.45) is 0 Å². The van der Waals surface area contributed by atoms with Gasteiger partial charge in [-0.1, -0.05) is 13.0 Å². The average molecular weight is 423 g/mol. The van der Waals surface area contributed by atoms with Gasteiger partial charge in [-0.05, 0) is 37.1 Å². The molecule has 2 aromatic heterocycles. The quantitative estimate of drug-likeness (QED) is 0.557. The van der Waals surface area contributed by atoms with Gasteiger partial charge in [-0.3, -0.25) is 4.79 Å². The number of rotatable bonds is 8. The third-order valence-corrected chi connectivity index (χ3v) is 5.00. The Morgan fingerprint density at radius 3 is 2.58 bits per heavy atom. The minimum Gasteiger partial charge on any atom is -0.385 e. The van der Waals surface area contributed by atoms with Crippen LogP contribution in [0.25, 0.3) is 22.4 Å². The van der Waals surface area contributed by atoms with Crippen LogP contribution < -0.4 is 5.73 Å². The summed E-state index contributed by atoms with van der Waals surface area (Å²) in [5.41, 5.74) is 9.24. The van der Waals surface area contributed by atoms with E-state index in [0.717, 1.165) is 16.8 Å². The molecule has 3 aromatic rings. The fourth-order valence-electron chi connectivity index (χ4n) is 3.35.